The van der Waals surface area contributed by atoms with Gasteiger partial charge in [-0.1, -0.05) is 23.7 Å². The molecule has 2 aromatic carbocycles. The molecule has 0 N–H and O–H groups in total. The number of carbonyl (C=O) groups is 1. The van der Waals surface area contributed by atoms with Crippen LogP contribution in [0.4, 0.5) is 0 Å². The van der Waals surface area contributed by atoms with E-state index in [2.05, 4.69) is 0 Å². The van der Waals surface area contributed by atoms with Crippen molar-refractivity contribution >= 4 is 38.9 Å². The van der Waals surface area contributed by atoms with Crippen LogP contribution in [0, 0.1) is 0 Å². The molecule has 192 valence electrons. The van der Waals surface area contributed by atoms with Crippen LogP contribution in [0.3, 0.4) is 0 Å². The zero-order valence-electron chi connectivity index (χ0n) is 19.8. The molecule has 0 saturated carbocycles. The number of thiophene rings is 1. The fraction of sp³-hybridized carbons (Fsp3) is 0.320. The highest BCUT2D eigenvalue weighted by Gasteiger charge is 2.29. The molecule has 0 spiro atoms. The summed E-state index contributed by atoms with van der Waals surface area (Å²) in [5.74, 6) is 0.979. The van der Waals surface area contributed by atoms with Crippen LogP contribution in [-0.4, -0.2) is 57.1 Å². The van der Waals surface area contributed by atoms with Gasteiger partial charge in [0.05, 0.1) is 18.0 Å². The maximum atomic E-state index is 13.6. The lowest BCUT2D eigenvalue weighted by Gasteiger charge is -2.27. The Morgan fingerprint density at radius 3 is 2.58 bits per heavy atom. The third-order valence-electron chi connectivity index (χ3n) is 5.61. The largest absolute Gasteiger partial charge is 0.454 e. The van der Waals surface area contributed by atoms with E-state index in [9.17, 15) is 13.2 Å². The summed E-state index contributed by atoms with van der Waals surface area (Å²) in [6.45, 7) is 1.02. The van der Waals surface area contributed by atoms with E-state index in [1.807, 2.05) is 35.7 Å². The average molecular weight is 551 g/mol. The first-order valence-corrected chi connectivity index (χ1v) is 14.0. The number of ether oxygens (including phenoxy) is 3. The van der Waals surface area contributed by atoms with Crippen LogP contribution in [-0.2, 0) is 32.6 Å². The van der Waals surface area contributed by atoms with Gasteiger partial charge in [0.2, 0.25) is 22.7 Å². The number of rotatable bonds is 12. The molecule has 0 aliphatic carbocycles. The highest BCUT2D eigenvalue weighted by atomic mass is 35.5. The van der Waals surface area contributed by atoms with Crippen LogP contribution < -0.4 is 9.47 Å². The molecule has 3 aromatic rings. The lowest BCUT2D eigenvalue weighted by Crippen LogP contribution is -2.43. The molecule has 4 rings (SSSR count). The van der Waals surface area contributed by atoms with Crippen molar-refractivity contribution in [3.05, 3.63) is 75.4 Å². The number of hydrogen-bond acceptors (Lipinski definition) is 7. The fourth-order valence-corrected chi connectivity index (χ4v) is 6.03. The number of hydrogen-bond donors (Lipinski definition) is 0. The number of amides is 1. The molecule has 0 atom stereocenters. The lowest BCUT2D eigenvalue weighted by molar-refractivity contribution is -0.132. The predicted molar refractivity (Wildman–Crippen MR) is 138 cm³/mol. The normalized spacial score (nSPS) is 12.8. The van der Waals surface area contributed by atoms with E-state index < -0.39 is 10.0 Å². The van der Waals surface area contributed by atoms with E-state index in [-0.39, 0.29) is 30.7 Å². The van der Waals surface area contributed by atoms with Crippen LogP contribution >= 0.6 is 22.9 Å². The topological polar surface area (TPSA) is 85.4 Å². The Bertz CT molecular complexity index is 1270. The molecule has 0 fully saturated rings. The zero-order valence-corrected chi connectivity index (χ0v) is 22.2. The van der Waals surface area contributed by atoms with E-state index in [1.165, 1.54) is 39.9 Å². The zero-order chi connectivity index (χ0) is 25.5. The molecule has 8 nitrogen and oxygen atoms in total. The second-order valence-electron chi connectivity index (χ2n) is 8.16. The molecule has 1 amide bonds. The van der Waals surface area contributed by atoms with Crippen molar-refractivity contribution in [3.63, 3.8) is 0 Å². The highest BCUT2D eigenvalue weighted by Crippen LogP contribution is 2.33. The van der Waals surface area contributed by atoms with Crippen molar-refractivity contribution in [2.24, 2.45) is 0 Å². The van der Waals surface area contributed by atoms with Crippen molar-refractivity contribution in [1.29, 1.82) is 0 Å². The van der Waals surface area contributed by atoms with Crippen molar-refractivity contribution in [2.75, 3.05) is 33.6 Å². The monoisotopic (exact) mass is 550 g/mol. The van der Waals surface area contributed by atoms with Crippen molar-refractivity contribution in [1.82, 2.24) is 9.21 Å². The van der Waals surface area contributed by atoms with Gasteiger partial charge in [0, 0.05) is 36.7 Å². The number of nitrogens with zero attached hydrogens (tertiary/aromatic N) is 2. The van der Waals surface area contributed by atoms with Gasteiger partial charge < -0.3 is 19.1 Å². The van der Waals surface area contributed by atoms with Gasteiger partial charge in [0.1, 0.15) is 0 Å². The van der Waals surface area contributed by atoms with Gasteiger partial charge in [-0.2, -0.15) is 4.31 Å². The molecule has 1 aromatic heterocycles. The second-order valence-corrected chi connectivity index (χ2v) is 11.6. The molecular weight excluding hydrogens is 524 g/mol. The molecule has 0 saturated heterocycles. The Hall–Kier alpha value is -2.63. The summed E-state index contributed by atoms with van der Waals surface area (Å²) >= 11 is 7.49. The van der Waals surface area contributed by atoms with Gasteiger partial charge in [0.25, 0.3) is 0 Å². The quantitative estimate of drug-likeness (QED) is 0.311. The summed E-state index contributed by atoms with van der Waals surface area (Å²) in [6, 6.07) is 15.3. The SMILES string of the molecule is COCCCN(CC(=O)N(Cc1ccc2c(c1)OCO2)Cc1cccs1)S(=O)(=O)c1ccc(Cl)cc1. The molecule has 0 radical (unpaired) electrons. The lowest BCUT2D eigenvalue weighted by atomic mass is 10.2. The van der Waals surface area contributed by atoms with E-state index in [4.69, 9.17) is 25.8 Å². The van der Waals surface area contributed by atoms with Crippen molar-refractivity contribution in [3.8, 4) is 11.5 Å². The van der Waals surface area contributed by atoms with Gasteiger partial charge in [-0.3, -0.25) is 4.79 Å². The van der Waals surface area contributed by atoms with Crippen LogP contribution in [0.5, 0.6) is 11.5 Å². The third-order valence-corrected chi connectivity index (χ3v) is 8.58. The minimum atomic E-state index is -3.93. The van der Waals surface area contributed by atoms with E-state index >= 15 is 0 Å². The molecule has 0 bridgehead atoms. The van der Waals surface area contributed by atoms with Crippen molar-refractivity contribution in [2.45, 2.75) is 24.4 Å². The Balaban J connectivity index is 1.57. The Kier molecular flexibility index (Phi) is 8.86. The molecule has 2 heterocycles. The predicted octanol–water partition coefficient (Wildman–Crippen LogP) is 4.39. The smallest absolute Gasteiger partial charge is 0.243 e. The van der Waals surface area contributed by atoms with Gasteiger partial charge in [-0.05, 0) is 59.8 Å². The van der Waals surface area contributed by atoms with Gasteiger partial charge in [-0.25, -0.2) is 8.42 Å². The summed E-state index contributed by atoms with van der Waals surface area (Å²) in [5.41, 5.74) is 0.857. The summed E-state index contributed by atoms with van der Waals surface area (Å²) in [5, 5.41) is 2.38. The van der Waals surface area contributed by atoms with Gasteiger partial charge in [0.15, 0.2) is 11.5 Å². The Labute approximate surface area is 220 Å². The minimum Gasteiger partial charge on any atom is -0.454 e. The first-order chi connectivity index (χ1) is 17.4. The summed E-state index contributed by atoms with van der Waals surface area (Å²) < 4.78 is 44.1. The van der Waals surface area contributed by atoms with Crippen LogP contribution in [0.1, 0.15) is 16.9 Å². The van der Waals surface area contributed by atoms with E-state index in [0.29, 0.717) is 42.6 Å². The average Bonchev–Trinajstić information content (AvgIpc) is 3.55. The molecular formula is C25H27ClN2O6S2. The van der Waals surface area contributed by atoms with Crippen LogP contribution in [0.15, 0.2) is 64.9 Å². The van der Waals surface area contributed by atoms with Gasteiger partial charge in [-0.15, -0.1) is 11.3 Å². The molecule has 11 heteroatoms. The standard InChI is InChI=1S/C25H27ClN2O6S2/c1-32-12-3-11-28(36(30,31)22-8-6-20(26)7-9-22)17-25(29)27(16-21-4-2-13-35-21)15-19-5-10-23-24(14-19)34-18-33-23/h2,4-10,13-14H,3,11-12,15-18H2,1H3. The fourth-order valence-electron chi connectivity index (χ4n) is 3.76. The van der Waals surface area contributed by atoms with E-state index in [1.54, 1.807) is 12.0 Å². The third kappa shape index (κ3) is 6.57. The summed E-state index contributed by atoms with van der Waals surface area (Å²) in [4.78, 5) is 16.3. The highest BCUT2D eigenvalue weighted by molar-refractivity contribution is 7.89. The van der Waals surface area contributed by atoms with Crippen LogP contribution in [0.25, 0.3) is 0 Å². The maximum Gasteiger partial charge on any atom is 0.243 e. The summed E-state index contributed by atoms with van der Waals surface area (Å²) in [6.07, 6.45) is 0.448. The summed E-state index contributed by atoms with van der Waals surface area (Å²) in [7, 11) is -2.38. The molecule has 1 aliphatic rings. The van der Waals surface area contributed by atoms with E-state index in [0.717, 1.165) is 10.4 Å². The Morgan fingerprint density at radius 2 is 1.86 bits per heavy atom. The molecule has 36 heavy (non-hydrogen) atoms. The minimum absolute atomic E-state index is 0.0812. The maximum absolute atomic E-state index is 13.6. The van der Waals surface area contributed by atoms with Crippen LogP contribution in [0.2, 0.25) is 5.02 Å². The number of fused-ring (bicyclic) bond motifs is 1. The van der Waals surface area contributed by atoms with Gasteiger partial charge >= 0.3 is 0 Å². The first-order valence-electron chi connectivity index (χ1n) is 11.3. The first kappa shape index (κ1) is 26.4. The van der Waals surface area contributed by atoms with Crippen molar-refractivity contribution < 1.29 is 27.4 Å². The number of methoxy groups -OCH3 is 1. The molecule has 0 unspecified atom stereocenters. The Morgan fingerprint density at radius 1 is 1.08 bits per heavy atom. The molecule has 1 aliphatic heterocycles. The number of halogens is 1. The number of benzene rings is 2. The number of carbonyl (C=O) groups excluding carboxylic acids is 1. The second kappa shape index (κ2) is 12.1. The number of sulfonamides is 1.